The van der Waals surface area contributed by atoms with Crippen LogP contribution in [0.3, 0.4) is 0 Å². The second kappa shape index (κ2) is 7.42. The number of aromatic hydroxyl groups is 1. The first-order valence-corrected chi connectivity index (χ1v) is 6.91. The quantitative estimate of drug-likeness (QED) is 0.591. The molecule has 0 aliphatic rings. The van der Waals surface area contributed by atoms with Crippen LogP contribution in [0.4, 0.5) is 5.69 Å². The molecular weight excluding hydrogens is 306 g/mol. The van der Waals surface area contributed by atoms with Crippen LogP contribution in [0, 0.1) is 0 Å². The second-order valence-electron chi connectivity index (χ2n) is 4.50. The Labute approximate surface area is 132 Å². The molecule has 22 heavy (non-hydrogen) atoms. The van der Waals surface area contributed by atoms with E-state index in [4.69, 9.17) is 11.6 Å². The van der Waals surface area contributed by atoms with Crippen molar-refractivity contribution in [3.05, 3.63) is 53.3 Å². The van der Waals surface area contributed by atoms with Gasteiger partial charge in [-0.1, -0.05) is 23.7 Å². The average molecular weight is 320 g/mol. The van der Waals surface area contributed by atoms with Crippen LogP contribution >= 0.6 is 11.6 Å². The van der Waals surface area contributed by atoms with Crippen LogP contribution in [0.25, 0.3) is 0 Å². The van der Waals surface area contributed by atoms with Crippen molar-refractivity contribution in [1.82, 2.24) is 10.3 Å². The van der Waals surface area contributed by atoms with Crippen molar-refractivity contribution < 1.29 is 14.7 Å². The van der Waals surface area contributed by atoms with Crippen LogP contribution in [0.5, 0.6) is 5.75 Å². The van der Waals surface area contributed by atoms with Crippen LogP contribution in [-0.2, 0) is 16.0 Å². The maximum atomic E-state index is 11.7. The lowest BCUT2D eigenvalue weighted by atomic mass is 10.1. The van der Waals surface area contributed by atoms with E-state index >= 15 is 0 Å². The Bertz CT molecular complexity index is 674. The fourth-order valence-electron chi connectivity index (χ4n) is 1.75. The van der Waals surface area contributed by atoms with E-state index in [1.807, 2.05) is 6.07 Å². The number of aromatic nitrogens is 1. The summed E-state index contributed by atoms with van der Waals surface area (Å²) in [5.41, 5.74) is 1.25. The molecule has 0 saturated carbocycles. The van der Waals surface area contributed by atoms with E-state index in [0.29, 0.717) is 17.3 Å². The fraction of sp³-hybridized carbons (Fsp3) is 0.133. The molecular formula is C15H14ClN3O3. The van der Waals surface area contributed by atoms with Crippen LogP contribution in [-0.4, -0.2) is 28.4 Å². The number of pyridine rings is 1. The summed E-state index contributed by atoms with van der Waals surface area (Å²) in [4.78, 5) is 27.1. The molecule has 0 bridgehead atoms. The van der Waals surface area contributed by atoms with Crippen LogP contribution in [0.15, 0.2) is 42.6 Å². The van der Waals surface area contributed by atoms with E-state index < -0.39 is 11.8 Å². The lowest BCUT2D eigenvalue weighted by Crippen LogP contribution is -2.36. The molecule has 2 rings (SSSR count). The number of anilines is 1. The summed E-state index contributed by atoms with van der Waals surface area (Å²) in [6, 6.07) is 9.77. The molecule has 1 heterocycles. The highest BCUT2D eigenvalue weighted by Crippen LogP contribution is 2.11. The number of carbonyl (C=O) groups is 2. The number of hydrogen-bond acceptors (Lipinski definition) is 4. The van der Waals surface area contributed by atoms with Crippen molar-refractivity contribution in [2.75, 3.05) is 11.9 Å². The zero-order valence-corrected chi connectivity index (χ0v) is 12.3. The maximum absolute atomic E-state index is 11.7. The summed E-state index contributed by atoms with van der Waals surface area (Å²) in [5, 5.41) is 14.5. The van der Waals surface area contributed by atoms with Crippen molar-refractivity contribution in [1.29, 1.82) is 0 Å². The number of nitrogens with zero attached hydrogens (tertiary/aromatic N) is 1. The van der Waals surface area contributed by atoms with Gasteiger partial charge in [-0.2, -0.15) is 0 Å². The molecule has 2 amide bonds. The van der Waals surface area contributed by atoms with Crippen LogP contribution < -0.4 is 10.6 Å². The Balaban J connectivity index is 1.79. The first-order chi connectivity index (χ1) is 10.5. The van der Waals surface area contributed by atoms with Crippen LogP contribution in [0.1, 0.15) is 5.56 Å². The molecule has 0 spiro atoms. The summed E-state index contributed by atoms with van der Waals surface area (Å²) in [7, 11) is 0. The SMILES string of the molecule is O=C(NCCc1cccc(O)c1)C(=O)Nc1ccc(Cl)nc1. The number of phenolic OH excluding ortho intramolecular Hbond substituents is 1. The van der Waals surface area contributed by atoms with E-state index in [9.17, 15) is 14.7 Å². The molecule has 0 saturated heterocycles. The number of halogens is 1. The third kappa shape index (κ3) is 4.75. The van der Waals surface area contributed by atoms with Gasteiger partial charge in [-0.05, 0) is 36.2 Å². The van der Waals surface area contributed by atoms with Gasteiger partial charge in [0.25, 0.3) is 0 Å². The molecule has 0 fully saturated rings. The summed E-state index contributed by atoms with van der Waals surface area (Å²) in [5.74, 6) is -1.35. The number of carbonyl (C=O) groups excluding carboxylic acids is 2. The molecule has 1 aromatic heterocycles. The monoisotopic (exact) mass is 319 g/mol. The van der Waals surface area contributed by atoms with Gasteiger partial charge in [0, 0.05) is 6.54 Å². The molecule has 0 radical (unpaired) electrons. The zero-order valence-electron chi connectivity index (χ0n) is 11.5. The van der Waals surface area contributed by atoms with E-state index in [-0.39, 0.29) is 12.3 Å². The Kier molecular flexibility index (Phi) is 5.32. The van der Waals surface area contributed by atoms with Gasteiger partial charge < -0.3 is 15.7 Å². The van der Waals surface area contributed by atoms with E-state index in [0.717, 1.165) is 5.56 Å². The molecule has 7 heteroatoms. The van der Waals surface area contributed by atoms with Crippen molar-refractivity contribution in [2.24, 2.45) is 0 Å². The number of benzene rings is 1. The number of rotatable bonds is 4. The summed E-state index contributed by atoms with van der Waals surface area (Å²) in [6.07, 6.45) is 1.87. The van der Waals surface area contributed by atoms with Crippen LogP contribution in [0.2, 0.25) is 5.15 Å². The number of hydrogen-bond donors (Lipinski definition) is 3. The highest BCUT2D eigenvalue weighted by molar-refractivity contribution is 6.39. The second-order valence-corrected chi connectivity index (χ2v) is 4.89. The van der Waals surface area contributed by atoms with Crippen molar-refractivity contribution in [3.8, 4) is 5.75 Å². The standard InChI is InChI=1S/C15H14ClN3O3/c16-13-5-4-11(9-18-13)19-15(22)14(21)17-7-6-10-2-1-3-12(20)8-10/h1-5,8-9,20H,6-7H2,(H,17,21)(H,19,22). The van der Waals surface area contributed by atoms with Gasteiger partial charge in [0.05, 0.1) is 11.9 Å². The largest absolute Gasteiger partial charge is 0.508 e. The zero-order chi connectivity index (χ0) is 15.9. The van der Waals surface area contributed by atoms with Gasteiger partial charge >= 0.3 is 11.8 Å². The highest BCUT2D eigenvalue weighted by atomic mass is 35.5. The predicted octanol–water partition coefficient (Wildman–Crippen LogP) is 1.74. The summed E-state index contributed by atoms with van der Waals surface area (Å²) < 4.78 is 0. The minimum absolute atomic E-state index is 0.164. The van der Waals surface area contributed by atoms with Gasteiger partial charge in [-0.15, -0.1) is 0 Å². The minimum Gasteiger partial charge on any atom is -0.508 e. The Morgan fingerprint density at radius 2 is 2.00 bits per heavy atom. The van der Waals surface area contributed by atoms with Gasteiger partial charge in [0.1, 0.15) is 10.9 Å². The minimum atomic E-state index is -0.778. The first-order valence-electron chi connectivity index (χ1n) is 6.53. The van der Waals surface area contributed by atoms with Crippen molar-refractivity contribution >= 4 is 29.1 Å². The molecule has 0 aliphatic heterocycles. The molecule has 1 aromatic carbocycles. The maximum Gasteiger partial charge on any atom is 0.313 e. The predicted molar refractivity (Wildman–Crippen MR) is 82.7 cm³/mol. The molecule has 2 aromatic rings. The Hall–Kier alpha value is -2.60. The summed E-state index contributed by atoms with van der Waals surface area (Å²) in [6.45, 7) is 0.286. The third-order valence-electron chi connectivity index (χ3n) is 2.80. The van der Waals surface area contributed by atoms with Gasteiger partial charge in [0.2, 0.25) is 0 Å². The molecule has 0 atom stereocenters. The van der Waals surface area contributed by atoms with E-state index in [2.05, 4.69) is 15.6 Å². The van der Waals surface area contributed by atoms with Gasteiger partial charge in [-0.25, -0.2) is 4.98 Å². The number of amides is 2. The lowest BCUT2D eigenvalue weighted by molar-refractivity contribution is -0.136. The molecule has 3 N–H and O–H groups in total. The Morgan fingerprint density at radius 3 is 2.68 bits per heavy atom. The topological polar surface area (TPSA) is 91.3 Å². The van der Waals surface area contributed by atoms with Gasteiger partial charge in [0.15, 0.2) is 0 Å². The molecule has 0 aliphatic carbocycles. The van der Waals surface area contributed by atoms with Crippen molar-refractivity contribution in [2.45, 2.75) is 6.42 Å². The normalized spacial score (nSPS) is 10.0. The first kappa shape index (κ1) is 15.8. The lowest BCUT2D eigenvalue weighted by Gasteiger charge is -2.06. The fourth-order valence-corrected chi connectivity index (χ4v) is 1.86. The number of phenols is 1. The van der Waals surface area contributed by atoms with E-state index in [1.54, 1.807) is 24.3 Å². The molecule has 6 nitrogen and oxygen atoms in total. The Morgan fingerprint density at radius 1 is 1.18 bits per heavy atom. The molecule has 0 unspecified atom stereocenters. The highest BCUT2D eigenvalue weighted by Gasteiger charge is 2.13. The third-order valence-corrected chi connectivity index (χ3v) is 3.02. The number of nitrogens with one attached hydrogen (secondary N) is 2. The average Bonchev–Trinajstić information content (AvgIpc) is 2.49. The smallest absolute Gasteiger partial charge is 0.313 e. The van der Waals surface area contributed by atoms with Gasteiger partial charge in [-0.3, -0.25) is 9.59 Å². The molecule has 114 valence electrons. The summed E-state index contributed by atoms with van der Waals surface area (Å²) >= 11 is 5.63. The van der Waals surface area contributed by atoms with E-state index in [1.165, 1.54) is 12.3 Å². The van der Waals surface area contributed by atoms with Crippen molar-refractivity contribution in [3.63, 3.8) is 0 Å².